The average molecular weight is 383 g/mol. The maximum absolute atomic E-state index is 12.7. The summed E-state index contributed by atoms with van der Waals surface area (Å²) in [6.45, 7) is 3.92. The number of hydrogen-bond acceptors (Lipinski definition) is 6. The van der Waals surface area contributed by atoms with Crippen molar-refractivity contribution in [1.82, 2.24) is 19.9 Å². The molecule has 3 heterocycles. The van der Waals surface area contributed by atoms with Gasteiger partial charge in [0.2, 0.25) is 0 Å². The number of aromatic nitrogens is 4. The summed E-state index contributed by atoms with van der Waals surface area (Å²) in [5.74, 6) is 0.248. The minimum atomic E-state index is -3.85. The lowest BCUT2D eigenvalue weighted by Crippen LogP contribution is -2.14. The fraction of sp³-hybridized carbons (Fsp3) is 0.167. The molecule has 0 bridgehead atoms. The molecule has 0 radical (unpaired) electrons. The van der Waals surface area contributed by atoms with Crippen molar-refractivity contribution in [2.75, 3.05) is 4.72 Å². The van der Waals surface area contributed by atoms with Gasteiger partial charge in [0.25, 0.3) is 15.7 Å². The molecule has 1 N–H and O–H groups in total. The molecule has 0 saturated heterocycles. The number of nitrogens with zero attached hydrogens (tertiary/aromatic N) is 4. The van der Waals surface area contributed by atoms with E-state index >= 15 is 0 Å². The van der Waals surface area contributed by atoms with Gasteiger partial charge in [0.05, 0.1) is 11.6 Å². The van der Waals surface area contributed by atoms with Crippen LogP contribution in [0.15, 0.2) is 64.3 Å². The smallest absolute Gasteiger partial charge is 0.264 e. The summed E-state index contributed by atoms with van der Waals surface area (Å²) in [5.41, 5.74) is 1.63. The van der Waals surface area contributed by atoms with E-state index in [4.69, 9.17) is 4.52 Å². The van der Waals surface area contributed by atoms with E-state index in [1.165, 1.54) is 12.3 Å². The van der Waals surface area contributed by atoms with Crippen molar-refractivity contribution in [1.29, 1.82) is 0 Å². The first-order valence-corrected chi connectivity index (χ1v) is 9.81. The van der Waals surface area contributed by atoms with Crippen molar-refractivity contribution in [2.45, 2.75) is 24.8 Å². The quantitative estimate of drug-likeness (QED) is 0.566. The number of rotatable bonds is 5. The topological polar surface area (TPSA) is 103 Å². The van der Waals surface area contributed by atoms with Gasteiger partial charge in [-0.05, 0) is 19.9 Å². The second kappa shape index (κ2) is 6.51. The number of benzene rings is 1. The molecule has 0 saturated carbocycles. The van der Waals surface area contributed by atoms with Crippen LogP contribution in [-0.4, -0.2) is 28.3 Å². The molecule has 9 heteroatoms. The van der Waals surface area contributed by atoms with Crippen LogP contribution in [0.2, 0.25) is 0 Å². The molecule has 0 aliphatic carbocycles. The zero-order valence-electron chi connectivity index (χ0n) is 14.7. The van der Waals surface area contributed by atoms with E-state index in [0.29, 0.717) is 11.1 Å². The molecule has 138 valence electrons. The number of anilines is 1. The Labute approximate surface area is 155 Å². The predicted octanol–water partition coefficient (Wildman–Crippen LogP) is 3.47. The highest BCUT2D eigenvalue weighted by Crippen LogP contribution is 2.28. The average Bonchev–Trinajstić information content (AvgIpc) is 3.28. The Morgan fingerprint density at radius 3 is 2.63 bits per heavy atom. The Balaban J connectivity index is 1.72. The molecule has 27 heavy (non-hydrogen) atoms. The van der Waals surface area contributed by atoms with Crippen molar-refractivity contribution < 1.29 is 12.9 Å². The number of sulfonamides is 1. The van der Waals surface area contributed by atoms with Crippen LogP contribution in [0.1, 0.15) is 19.9 Å². The van der Waals surface area contributed by atoms with Gasteiger partial charge in [-0.15, -0.1) is 0 Å². The molecule has 0 aliphatic heterocycles. The molecule has 4 rings (SSSR count). The largest absolute Gasteiger partial charge is 0.335 e. The summed E-state index contributed by atoms with van der Waals surface area (Å²) in [6.07, 6.45) is 2.96. The summed E-state index contributed by atoms with van der Waals surface area (Å²) in [7, 11) is -3.85. The Morgan fingerprint density at radius 2 is 1.93 bits per heavy atom. The van der Waals surface area contributed by atoms with Crippen molar-refractivity contribution >= 4 is 26.9 Å². The van der Waals surface area contributed by atoms with Gasteiger partial charge >= 0.3 is 0 Å². The third-order valence-electron chi connectivity index (χ3n) is 4.04. The van der Waals surface area contributed by atoms with Gasteiger partial charge in [-0.3, -0.25) is 9.40 Å². The highest BCUT2D eigenvalue weighted by Gasteiger charge is 2.20. The second-order valence-corrected chi connectivity index (χ2v) is 7.98. The highest BCUT2D eigenvalue weighted by molar-refractivity contribution is 7.92. The summed E-state index contributed by atoms with van der Waals surface area (Å²) >= 11 is 0. The van der Waals surface area contributed by atoms with Gasteiger partial charge in [0.15, 0.2) is 5.82 Å². The van der Waals surface area contributed by atoms with Gasteiger partial charge in [0, 0.05) is 23.9 Å². The number of nitrogens with one attached hydrogen (secondary N) is 1. The van der Waals surface area contributed by atoms with Crippen molar-refractivity contribution in [3.05, 3.63) is 54.9 Å². The molecule has 0 aliphatic rings. The minimum absolute atomic E-state index is 0.00878. The summed E-state index contributed by atoms with van der Waals surface area (Å²) < 4.78 is 34.9. The van der Waals surface area contributed by atoms with Gasteiger partial charge in [-0.2, -0.15) is 5.10 Å². The molecule has 0 atom stereocenters. The van der Waals surface area contributed by atoms with E-state index in [1.807, 2.05) is 44.2 Å². The Hall–Kier alpha value is -3.20. The van der Waals surface area contributed by atoms with Gasteiger partial charge in [-0.25, -0.2) is 13.4 Å². The zero-order chi connectivity index (χ0) is 19.0. The third-order valence-corrected chi connectivity index (χ3v) is 5.36. The molecule has 0 unspecified atom stereocenters. The van der Waals surface area contributed by atoms with Crippen LogP contribution >= 0.6 is 0 Å². The van der Waals surface area contributed by atoms with E-state index in [-0.39, 0.29) is 22.5 Å². The first-order valence-electron chi connectivity index (χ1n) is 8.33. The second-order valence-electron chi connectivity index (χ2n) is 6.30. The van der Waals surface area contributed by atoms with Crippen LogP contribution in [0.5, 0.6) is 0 Å². The van der Waals surface area contributed by atoms with Crippen LogP contribution in [0.3, 0.4) is 0 Å². The summed E-state index contributed by atoms with van der Waals surface area (Å²) in [6, 6.07) is 12.6. The number of pyridine rings is 1. The maximum Gasteiger partial charge on any atom is 0.264 e. The molecule has 1 aromatic carbocycles. The number of hydrogen-bond donors (Lipinski definition) is 1. The molecule has 3 aromatic heterocycles. The van der Waals surface area contributed by atoms with E-state index in [1.54, 1.807) is 16.9 Å². The lowest BCUT2D eigenvalue weighted by Gasteiger charge is -2.06. The first-order chi connectivity index (χ1) is 12.9. The lowest BCUT2D eigenvalue weighted by atomic mass is 10.1. The van der Waals surface area contributed by atoms with Crippen molar-refractivity contribution in [3.63, 3.8) is 0 Å². The fourth-order valence-electron chi connectivity index (χ4n) is 2.64. The zero-order valence-corrected chi connectivity index (χ0v) is 15.5. The molecular weight excluding hydrogens is 366 g/mol. The monoisotopic (exact) mass is 383 g/mol. The fourth-order valence-corrected chi connectivity index (χ4v) is 3.61. The van der Waals surface area contributed by atoms with Gasteiger partial charge in [0.1, 0.15) is 10.6 Å². The Morgan fingerprint density at radius 1 is 1.15 bits per heavy atom. The summed E-state index contributed by atoms with van der Waals surface area (Å²) in [5, 5.41) is 8.76. The predicted molar refractivity (Wildman–Crippen MR) is 101 cm³/mol. The molecular formula is C18H17N5O3S. The van der Waals surface area contributed by atoms with Gasteiger partial charge < -0.3 is 4.52 Å². The molecule has 0 fully saturated rings. The van der Waals surface area contributed by atoms with E-state index in [2.05, 4.69) is 20.0 Å². The molecule has 4 aromatic rings. The van der Waals surface area contributed by atoms with Crippen LogP contribution in [0.25, 0.3) is 22.4 Å². The van der Waals surface area contributed by atoms with Crippen LogP contribution in [0, 0.1) is 0 Å². The first kappa shape index (κ1) is 17.2. The SMILES string of the molecule is CC(C)n1ccc(NS(=O)(=O)c2cnc3onc(-c4ccccc4)c3c2)n1. The van der Waals surface area contributed by atoms with Crippen LogP contribution in [-0.2, 0) is 10.0 Å². The van der Waals surface area contributed by atoms with Crippen LogP contribution < -0.4 is 4.72 Å². The normalized spacial score (nSPS) is 12.0. The molecule has 8 nitrogen and oxygen atoms in total. The maximum atomic E-state index is 12.7. The van der Waals surface area contributed by atoms with E-state index < -0.39 is 10.0 Å². The Bertz CT molecular complexity index is 1200. The lowest BCUT2D eigenvalue weighted by molar-refractivity contribution is 0.451. The third kappa shape index (κ3) is 3.28. The van der Waals surface area contributed by atoms with E-state index in [0.717, 1.165) is 5.56 Å². The standard InChI is InChI=1S/C18H17N5O3S/c1-12(2)23-9-8-16(20-23)22-27(24,25)14-10-15-17(13-6-4-3-5-7-13)21-26-18(15)19-11-14/h3-12H,1-2H3,(H,20,22). The van der Waals surface area contributed by atoms with Gasteiger partial charge in [-0.1, -0.05) is 35.5 Å². The minimum Gasteiger partial charge on any atom is -0.335 e. The molecule has 0 spiro atoms. The highest BCUT2D eigenvalue weighted by atomic mass is 32.2. The van der Waals surface area contributed by atoms with Crippen molar-refractivity contribution in [3.8, 4) is 11.3 Å². The van der Waals surface area contributed by atoms with Crippen LogP contribution in [0.4, 0.5) is 5.82 Å². The number of fused-ring (bicyclic) bond motifs is 1. The van der Waals surface area contributed by atoms with E-state index in [9.17, 15) is 8.42 Å². The van der Waals surface area contributed by atoms with Crippen molar-refractivity contribution in [2.24, 2.45) is 0 Å². The molecule has 0 amide bonds. The Kier molecular flexibility index (Phi) is 4.15. The summed E-state index contributed by atoms with van der Waals surface area (Å²) in [4.78, 5) is 4.10.